The number of carbonyl (C=O) groups is 3. The van der Waals surface area contributed by atoms with Gasteiger partial charge in [0, 0.05) is 26.2 Å². The van der Waals surface area contributed by atoms with Gasteiger partial charge >= 0.3 is 0 Å². The highest BCUT2D eigenvalue weighted by atomic mass is 16.5. The number of hydrogen-bond donors (Lipinski definition) is 2. The first-order chi connectivity index (χ1) is 15.9. The van der Waals surface area contributed by atoms with Gasteiger partial charge in [0.1, 0.15) is 5.75 Å². The zero-order valence-electron chi connectivity index (χ0n) is 19.5. The number of carbonyl (C=O) groups excluding carboxylic acids is 3. The number of methoxy groups -OCH3 is 1. The van der Waals surface area contributed by atoms with Gasteiger partial charge in [-0.15, -0.1) is 0 Å². The van der Waals surface area contributed by atoms with Gasteiger partial charge in [0.25, 0.3) is 0 Å². The first kappa shape index (κ1) is 24.3. The first-order valence-electron chi connectivity index (χ1n) is 11.1. The molecule has 2 N–H and O–H groups in total. The van der Waals surface area contributed by atoms with Crippen molar-refractivity contribution in [3.63, 3.8) is 0 Å². The third-order valence-electron chi connectivity index (χ3n) is 5.77. The Morgan fingerprint density at radius 3 is 2.39 bits per heavy atom. The number of ether oxygens (including phenoxy) is 1. The fourth-order valence-electron chi connectivity index (χ4n) is 3.79. The molecule has 1 heterocycles. The van der Waals surface area contributed by atoms with Crippen molar-refractivity contribution in [2.75, 3.05) is 51.7 Å². The molecule has 3 amide bonds. The van der Waals surface area contributed by atoms with Crippen LogP contribution in [0.5, 0.6) is 5.75 Å². The summed E-state index contributed by atoms with van der Waals surface area (Å²) >= 11 is 0. The minimum absolute atomic E-state index is 0.108. The van der Waals surface area contributed by atoms with Crippen molar-refractivity contribution in [2.45, 2.75) is 20.3 Å². The number of rotatable bonds is 8. The standard InChI is InChI=1S/C25H32N4O4/c1-18-8-9-22(33-3)21(14-18)27-23(30)16-26-24(31)17-28-10-12-29(13-11-28)25(32)15-20-7-5-4-6-19(20)2/h4-9,14H,10-13,15-17H2,1-3H3,(H,26,31)(H,27,30). The normalized spacial score (nSPS) is 14.0. The van der Waals surface area contributed by atoms with Gasteiger partial charge in [-0.1, -0.05) is 30.3 Å². The molecule has 8 heteroatoms. The van der Waals surface area contributed by atoms with Crippen molar-refractivity contribution in [3.05, 3.63) is 59.2 Å². The molecule has 0 unspecified atom stereocenters. The van der Waals surface area contributed by atoms with Gasteiger partial charge in [-0.05, 0) is 42.7 Å². The van der Waals surface area contributed by atoms with Crippen molar-refractivity contribution in [2.24, 2.45) is 0 Å². The van der Waals surface area contributed by atoms with E-state index < -0.39 is 0 Å². The number of aryl methyl sites for hydroxylation is 2. The zero-order valence-corrected chi connectivity index (χ0v) is 19.5. The highest BCUT2D eigenvalue weighted by Gasteiger charge is 2.23. The molecule has 33 heavy (non-hydrogen) atoms. The number of nitrogens with one attached hydrogen (secondary N) is 2. The van der Waals surface area contributed by atoms with Crippen LogP contribution in [0.15, 0.2) is 42.5 Å². The van der Waals surface area contributed by atoms with E-state index in [1.807, 2.05) is 60.0 Å². The predicted octanol–water partition coefficient (Wildman–Crippen LogP) is 1.75. The predicted molar refractivity (Wildman–Crippen MR) is 127 cm³/mol. The number of piperazine rings is 1. The van der Waals surface area contributed by atoms with E-state index >= 15 is 0 Å². The Balaban J connectivity index is 1.39. The lowest BCUT2D eigenvalue weighted by atomic mass is 10.1. The number of amides is 3. The molecule has 1 aliphatic heterocycles. The molecule has 1 saturated heterocycles. The quantitative estimate of drug-likeness (QED) is 0.637. The number of anilines is 1. The Kier molecular flexibility index (Phi) is 8.43. The van der Waals surface area contributed by atoms with Gasteiger partial charge < -0.3 is 20.3 Å². The highest BCUT2D eigenvalue weighted by Crippen LogP contribution is 2.24. The molecule has 2 aromatic carbocycles. The Morgan fingerprint density at radius 2 is 1.70 bits per heavy atom. The average Bonchev–Trinajstić information content (AvgIpc) is 2.80. The van der Waals surface area contributed by atoms with Crippen molar-refractivity contribution in [1.82, 2.24) is 15.1 Å². The van der Waals surface area contributed by atoms with E-state index in [1.54, 1.807) is 6.07 Å². The molecule has 3 rings (SSSR count). The molecule has 2 aromatic rings. The number of nitrogens with zero attached hydrogens (tertiary/aromatic N) is 2. The molecule has 0 saturated carbocycles. The van der Waals surface area contributed by atoms with Crippen molar-refractivity contribution in [1.29, 1.82) is 0 Å². The zero-order chi connectivity index (χ0) is 23.8. The molecule has 0 radical (unpaired) electrons. The SMILES string of the molecule is COc1ccc(C)cc1NC(=O)CNC(=O)CN1CCN(C(=O)Cc2ccccc2C)CC1. The molecule has 0 spiro atoms. The van der Waals surface area contributed by atoms with Gasteiger partial charge in [-0.3, -0.25) is 19.3 Å². The average molecular weight is 453 g/mol. The lowest BCUT2D eigenvalue weighted by molar-refractivity contribution is -0.132. The van der Waals surface area contributed by atoms with E-state index in [9.17, 15) is 14.4 Å². The second-order valence-electron chi connectivity index (χ2n) is 8.29. The fraction of sp³-hybridized carbons (Fsp3) is 0.400. The molecule has 1 fully saturated rings. The van der Waals surface area contributed by atoms with E-state index in [-0.39, 0.29) is 30.8 Å². The lowest BCUT2D eigenvalue weighted by Gasteiger charge is -2.34. The van der Waals surface area contributed by atoms with E-state index in [1.165, 1.54) is 7.11 Å². The third-order valence-corrected chi connectivity index (χ3v) is 5.77. The Bertz CT molecular complexity index is 1000. The Labute approximate surface area is 194 Å². The maximum atomic E-state index is 12.6. The van der Waals surface area contributed by atoms with E-state index in [4.69, 9.17) is 4.74 Å². The molecule has 0 bridgehead atoms. The summed E-state index contributed by atoms with van der Waals surface area (Å²) in [5.74, 6) is 0.131. The van der Waals surface area contributed by atoms with Crippen LogP contribution in [0.3, 0.4) is 0 Å². The molecule has 0 aromatic heterocycles. The van der Waals surface area contributed by atoms with Gasteiger partial charge in [0.05, 0.1) is 32.3 Å². The first-order valence-corrected chi connectivity index (χ1v) is 11.1. The van der Waals surface area contributed by atoms with Crippen LogP contribution in [0.1, 0.15) is 16.7 Å². The minimum atomic E-state index is -0.320. The van der Waals surface area contributed by atoms with Crippen LogP contribution in [0.25, 0.3) is 0 Å². The largest absolute Gasteiger partial charge is 0.495 e. The van der Waals surface area contributed by atoms with Gasteiger partial charge in [-0.25, -0.2) is 0 Å². The topological polar surface area (TPSA) is 91.0 Å². The van der Waals surface area contributed by atoms with Crippen LogP contribution < -0.4 is 15.4 Å². The smallest absolute Gasteiger partial charge is 0.243 e. The summed E-state index contributed by atoms with van der Waals surface area (Å²) in [5, 5.41) is 5.43. The van der Waals surface area contributed by atoms with Crippen LogP contribution in [0, 0.1) is 13.8 Å². The van der Waals surface area contributed by atoms with Crippen molar-refractivity contribution < 1.29 is 19.1 Å². The maximum Gasteiger partial charge on any atom is 0.243 e. The monoisotopic (exact) mass is 452 g/mol. The molecule has 0 atom stereocenters. The molecule has 176 valence electrons. The molecule has 0 aliphatic carbocycles. The van der Waals surface area contributed by atoms with Crippen LogP contribution in [-0.2, 0) is 20.8 Å². The van der Waals surface area contributed by atoms with Gasteiger partial charge in [0.15, 0.2) is 0 Å². The minimum Gasteiger partial charge on any atom is -0.495 e. The highest BCUT2D eigenvalue weighted by molar-refractivity contribution is 5.96. The van der Waals surface area contributed by atoms with Gasteiger partial charge in [0.2, 0.25) is 17.7 Å². The Morgan fingerprint density at radius 1 is 0.970 bits per heavy atom. The van der Waals surface area contributed by atoms with Crippen LogP contribution >= 0.6 is 0 Å². The molecular formula is C25H32N4O4. The second kappa shape index (κ2) is 11.5. The van der Waals surface area contributed by atoms with Gasteiger partial charge in [-0.2, -0.15) is 0 Å². The summed E-state index contributed by atoms with van der Waals surface area (Å²) in [6, 6.07) is 13.4. The lowest BCUT2D eigenvalue weighted by Crippen LogP contribution is -2.51. The van der Waals surface area contributed by atoms with Crippen molar-refractivity contribution in [3.8, 4) is 5.75 Å². The van der Waals surface area contributed by atoms with Crippen molar-refractivity contribution >= 4 is 23.4 Å². The molecule has 8 nitrogen and oxygen atoms in total. The molecular weight excluding hydrogens is 420 g/mol. The summed E-state index contributed by atoms with van der Waals surface area (Å²) in [6.45, 7) is 6.44. The van der Waals surface area contributed by atoms with E-state index in [2.05, 4.69) is 10.6 Å². The maximum absolute atomic E-state index is 12.6. The van der Waals surface area contributed by atoms with E-state index in [0.29, 0.717) is 44.0 Å². The summed E-state index contributed by atoms with van der Waals surface area (Å²) in [5.41, 5.74) is 3.73. The number of benzene rings is 2. The second-order valence-corrected chi connectivity index (χ2v) is 8.29. The molecule has 1 aliphatic rings. The summed E-state index contributed by atoms with van der Waals surface area (Å²) in [4.78, 5) is 41.0. The fourth-order valence-corrected chi connectivity index (χ4v) is 3.79. The van der Waals surface area contributed by atoms with Crippen LogP contribution in [-0.4, -0.2) is 73.9 Å². The van der Waals surface area contributed by atoms with Crippen LogP contribution in [0.4, 0.5) is 5.69 Å². The third kappa shape index (κ3) is 7.05. The van der Waals surface area contributed by atoms with E-state index in [0.717, 1.165) is 16.7 Å². The van der Waals surface area contributed by atoms with Crippen LogP contribution in [0.2, 0.25) is 0 Å². The summed E-state index contributed by atoms with van der Waals surface area (Å²) in [6.07, 6.45) is 0.397. The summed E-state index contributed by atoms with van der Waals surface area (Å²) in [7, 11) is 1.54. The summed E-state index contributed by atoms with van der Waals surface area (Å²) < 4.78 is 5.26. The number of hydrogen-bond acceptors (Lipinski definition) is 5. The Hall–Kier alpha value is -3.39.